The number of piperidine rings is 1. The Balaban J connectivity index is 1.35. The minimum absolute atomic E-state index is 0.0641. The Bertz CT molecular complexity index is 1110. The first kappa shape index (κ1) is 20.6. The quantitative estimate of drug-likeness (QED) is 0.630. The number of phenolic OH excluding ortho intramolecular Hbond substituents is 1. The molecule has 166 valence electrons. The predicted molar refractivity (Wildman–Crippen MR) is 118 cm³/mol. The predicted octanol–water partition coefficient (Wildman–Crippen LogP) is 2.98. The topological polar surface area (TPSA) is 96.3 Å². The molecule has 2 aromatic heterocycles. The molecule has 3 aromatic rings. The van der Waals surface area contributed by atoms with Crippen LogP contribution in [0.2, 0.25) is 0 Å². The van der Waals surface area contributed by atoms with Crippen LogP contribution in [-0.4, -0.2) is 63.5 Å². The van der Waals surface area contributed by atoms with Crippen molar-refractivity contribution in [3.05, 3.63) is 43.0 Å². The molecule has 8 nitrogen and oxygen atoms in total. The molecule has 5 rings (SSSR count). The van der Waals surface area contributed by atoms with Gasteiger partial charge in [0.15, 0.2) is 0 Å². The molecule has 2 aliphatic rings. The second-order valence-electron chi connectivity index (χ2n) is 8.34. The van der Waals surface area contributed by atoms with E-state index in [1.54, 1.807) is 30.6 Å². The molecule has 2 N–H and O–H groups in total. The summed E-state index contributed by atoms with van der Waals surface area (Å²) in [4.78, 5) is 19.1. The van der Waals surface area contributed by atoms with Crippen molar-refractivity contribution in [1.82, 2.24) is 25.3 Å². The Kier molecular flexibility index (Phi) is 5.34. The van der Waals surface area contributed by atoms with E-state index in [2.05, 4.69) is 25.3 Å². The Hall–Kier alpha value is -3.33. The van der Waals surface area contributed by atoms with Crippen LogP contribution >= 0.6 is 0 Å². The van der Waals surface area contributed by atoms with Gasteiger partial charge >= 0.3 is 0 Å². The van der Waals surface area contributed by atoms with Crippen LogP contribution in [0, 0.1) is 0 Å². The lowest BCUT2D eigenvalue weighted by Gasteiger charge is -2.38. The van der Waals surface area contributed by atoms with Gasteiger partial charge < -0.3 is 20.1 Å². The summed E-state index contributed by atoms with van der Waals surface area (Å²) in [5.74, 6) is 1.13. The van der Waals surface area contributed by atoms with Crippen LogP contribution < -0.4 is 15.0 Å². The molecule has 0 aliphatic carbocycles. The van der Waals surface area contributed by atoms with Crippen molar-refractivity contribution >= 4 is 5.82 Å². The lowest BCUT2D eigenvalue weighted by atomic mass is 9.96. The summed E-state index contributed by atoms with van der Waals surface area (Å²) in [5.41, 5.74) is 2.46. The van der Waals surface area contributed by atoms with Gasteiger partial charge in [-0.05, 0) is 31.4 Å². The summed E-state index contributed by atoms with van der Waals surface area (Å²) in [6, 6.07) is 7.02. The molecular formula is C23H25FN6O2. The molecule has 2 aliphatic heterocycles. The van der Waals surface area contributed by atoms with Crippen molar-refractivity contribution in [3.8, 4) is 34.1 Å². The number of phenols is 1. The van der Waals surface area contributed by atoms with Crippen molar-refractivity contribution < 1.29 is 14.2 Å². The monoisotopic (exact) mass is 436 g/mol. The van der Waals surface area contributed by atoms with Gasteiger partial charge in [-0.2, -0.15) is 0 Å². The molecule has 2 saturated heterocycles. The molecule has 0 radical (unpaired) electrons. The molecule has 4 heterocycles. The van der Waals surface area contributed by atoms with Crippen LogP contribution in [0.3, 0.4) is 0 Å². The summed E-state index contributed by atoms with van der Waals surface area (Å²) in [6.07, 6.45) is 6.39. The summed E-state index contributed by atoms with van der Waals surface area (Å²) in [7, 11) is 3.41. The van der Waals surface area contributed by atoms with E-state index < -0.39 is 6.17 Å². The average molecular weight is 436 g/mol. The summed E-state index contributed by atoms with van der Waals surface area (Å²) in [6.45, 7) is 0. The number of aromatic hydroxyl groups is 1. The number of hydrogen-bond donors (Lipinski definition) is 2. The second kappa shape index (κ2) is 8.31. The average Bonchev–Trinajstić information content (AvgIpc) is 3.24. The fourth-order valence-electron chi connectivity index (χ4n) is 4.68. The van der Waals surface area contributed by atoms with Crippen molar-refractivity contribution in [3.63, 3.8) is 0 Å². The Morgan fingerprint density at radius 3 is 2.72 bits per heavy atom. The molecule has 4 atom stereocenters. The van der Waals surface area contributed by atoms with Crippen LogP contribution in [0.4, 0.5) is 10.2 Å². The zero-order valence-corrected chi connectivity index (χ0v) is 17.9. The van der Waals surface area contributed by atoms with Crippen molar-refractivity contribution in [2.45, 2.75) is 43.6 Å². The molecule has 1 aromatic carbocycles. The molecule has 9 heteroatoms. The fourth-order valence-corrected chi connectivity index (χ4v) is 4.68. The van der Waals surface area contributed by atoms with E-state index in [9.17, 15) is 9.50 Å². The summed E-state index contributed by atoms with van der Waals surface area (Å²) in [5, 5.41) is 14.0. The highest BCUT2D eigenvalue weighted by atomic mass is 19.1. The highest BCUT2D eigenvalue weighted by Crippen LogP contribution is 2.35. The molecule has 2 fully saturated rings. The van der Waals surface area contributed by atoms with E-state index >= 15 is 0 Å². The number of anilines is 1. The standard InChI is InChI=1S/C23H25FN6O2/c1-30(19-8-14-4-6-16(29-14)23(19)24)21-11-25-18(10-26-21)15-5-3-13(7-20(15)31)17-9-22(32-2)28-12-27-17/h3,5,7,9-12,14,16,19,23,29,31H,4,6,8H2,1-2H3/t14-,16+,19-,23+/m0/s1. The Morgan fingerprint density at radius 2 is 1.97 bits per heavy atom. The van der Waals surface area contributed by atoms with Gasteiger partial charge in [0.2, 0.25) is 5.88 Å². The number of aromatic nitrogens is 4. The maximum Gasteiger partial charge on any atom is 0.216 e. The van der Waals surface area contributed by atoms with Crippen LogP contribution in [0.15, 0.2) is 43.0 Å². The van der Waals surface area contributed by atoms with Gasteiger partial charge in [-0.1, -0.05) is 6.07 Å². The highest BCUT2D eigenvalue weighted by molar-refractivity contribution is 5.73. The zero-order valence-electron chi connectivity index (χ0n) is 17.9. The molecule has 0 unspecified atom stereocenters. The van der Waals surface area contributed by atoms with Crippen molar-refractivity contribution in [2.75, 3.05) is 19.1 Å². The Morgan fingerprint density at radius 1 is 1.09 bits per heavy atom. The van der Waals surface area contributed by atoms with E-state index in [1.165, 1.54) is 13.4 Å². The van der Waals surface area contributed by atoms with Gasteiger partial charge in [0.25, 0.3) is 0 Å². The first-order chi connectivity index (χ1) is 15.5. The lowest BCUT2D eigenvalue weighted by Crippen LogP contribution is -2.55. The molecule has 32 heavy (non-hydrogen) atoms. The number of hydrogen-bond acceptors (Lipinski definition) is 8. The molecule has 0 saturated carbocycles. The van der Waals surface area contributed by atoms with Gasteiger partial charge in [0.05, 0.1) is 36.9 Å². The Labute approximate surface area is 185 Å². The minimum atomic E-state index is -0.933. The van der Waals surface area contributed by atoms with Crippen LogP contribution in [0.5, 0.6) is 11.6 Å². The minimum Gasteiger partial charge on any atom is -0.507 e. The molecular weight excluding hydrogens is 411 g/mol. The normalized spacial score (nSPS) is 24.3. The van der Waals surface area contributed by atoms with E-state index in [4.69, 9.17) is 4.74 Å². The number of nitrogens with zero attached hydrogens (tertiary/aromatic N) is 5. The number of fused-ring (bicyclic) bond motifs is 2. The number of ether oxygens (including phenoxy) is 1. The summed E-state index contributed by atoms with van der Waals surface area (Å²) >= 11 is 0. The first-order valence-corrected chi connectivity index (χ1v) is 10.7. The number of nitrogens with one attached hydrogen (secondary N) is 1. The summed E-state index contributed by atoms with van der Waals surface area (Å²) < 4.78 is 20.0. The van der Waals surface area contributed by atoms with Crippen molar-refractivity contribution in [1.29, 1.82) is 0 Å². The van der Waals surface area contributed by atoms with Gasteiger partial charge in [-0.25, -0.2) is 19.3 Å². The lowest BCUT2D eigenvalue weighted by molar-refractivity contribution is 0.176. The maximum atomic E-state index is 14.9. The van der Waals surface area contributed by atoms with E-state index in [0.717, 1.165) is 24.8 Å². The van der Waals surface area contributed by atoms with E-state index in [0.29, 0.717) is 34.7 Å². The molecule has 2 bridgehead atoms. The van der Waals surface area contributed by atoms with Gasteiger partial charge in [0, 0.05) is 36.3 Å². The third-order valence-corrected chi connectivity index (χ3v) is 6.47. The number of alkyl halides is 1. The molecule has 0 spiro atoms. The number of halogens is 1. The van der Waals surface area contributed by atoms with Crippen LogP contribution in [0.25, 0.3) is 22.5 Å². The smallest absolute Gasteiger partial charge is 0.216 e. The number of rotatable bonds is 5. The molecule has 0 amide bonds. The second-order valence-corrected chi connectivity index (χ2v) is 8.34. The SMILES string of the molecule is COc1cc(-c2ccc(-c3cnc(N(C)[C@H]4C[C@@H]5CC[C@@H](N5)[C@H]4F)cn3)c(O)c2)ncn1. The van der Waals surface area contributed by atoms with Gasteiger partial charge in [-0.15, -0.1) is 0 Å². The largest absolute Gasteiger partial charge is 0.507 e. The van der Waals surface area contributed by atoms with Crippen LogP contribution in [-0.2, 0) is 0 Å². The first-order valence-electron chi connectivity index (χ1n) is 10.7. The third kappa shape index (κ3) is 3.73. The number of benzene rings is 1. The van der Waals surface area contributed by atoms with E-state index in [-0.39, 0.29) is 17.8 Å². The van der Waals surface area contributed by atoms with Crippen molar-refractivity contribution in [2.24, 2.45) is 0 Å². The highest BCUT2D eigenvalue weighted by Gasteiger charge is 2.43. The maximum absolute atomic E-state index is 14.9. The third-order valence-electron chi connectivity index (χ3n) is 6.47. The fraction of sp³-hybridized carbons (Fsp3) is 0.391. The van der Waals surface area contributed by atoms with Crippen LogP contribution in [0.1, 0.15) is 19.3 Å². The van der Waals surface area contributed by atoms with E-state index in [1.807, 2.05) is 18.0 Å². The number of methoxy groups -OCH3 is 1. The van der Waals surface area contributed by atoms with Gasteiger partial charge in [0.1, 0.15) is 24.1 Å². The zero-order chi connectivity index (χ0) is 22.2. The van der Waals surface area contributed by atoms with Gasteiger partial charge in [-0.3, -0.25) is 4.98 Å².